The van der Waals surface area contributed by atoms with Crippen molar-refractivity contribution in [2.45, 2.75) is 32.1 Å². The molecule has 0 bridgehead atoms. The lowest BCUT2D eigenvalue weighted by Gasteiger charge is -2.23. The summed E-state index contributed by atoms with van der Waals surface area (Å²) in [5, 5.41) is 8.69. The Balaban J connectivity index is 0.000000258. The number of carbonyl (C=O) groups is 1. The number of hydrogen-bond acceptors (Lipinski definition) is 5. The van der Waals surface area contributed by atoms with Gasteiger partial charge in [0, 0.05) is 36.6 Å². The molecule has 0 aliphatic heterocycles. The van der Waals surface area contributed by atoms with Crippen LogP contribution in [0.1, 0.15) is 36.1 Å². The minimum atomic E-state index is -0.732. The molecule has 0 amide bonds. The van der Waals surface area contributed by atoms with Gasteiger partial charge in [-0.3, -0.25) is 9.78 Å². The number of anilines is 2. The molecule has 0 fully saturated rings. The fraction of sp³-hybridized carbons (Fsp3) is 0.194. The molecule has 0 aliphatic rings. The Morgan fingerprint density at radius 3 is 2.00 bits per heavy atom. The van der Waals surface area contributed by atoms with E-state index in [-0.39, 0.29) is 6.42 Å². The summed E-state index contributed by atoms with van der Waals surface area (Å²) in [6.07, 6.45) is 7.24. The van der Waals surface area contributed by atoms with E-state index in [4.69, 9.17) is 9.84 Å². The number of aromatic nitrogens is 2. The first-order valence-corrected chi connectivity index (χ1v) is 14.3. The van der Waals surface area contributed by atoms with Crippen LogP contribution in [0.5, 0.6) is 5.75 Å². The lowest BCUT2D eigenvalue weighted by molar-refractivity contribution is -0.137. The maximum atomic E-state index is 10.6. The maximum absolute atomic E-state index is 10.6. The average molecular weight is 560 g/mol. The van der Waals surface area contributed by atoms with E-state index in [1.54, 1.807) is 6.20 Å². The van der Waals surface area contributed by atoms with Crippen molar-refractivity contribution in [1.82, 2.24) is 9.97 Å². The largest absolute Gasteiger partial charge is 0.492 e. The van der Waals surface area contributed by atoms with E-state index < -0.39 is 5.97 Å². The van der Waals surface area contributed by atoms with Gasteiger partial charge in [0.15, 0.2) is 0 Å². The van der Waals surface area contributed by atoms with E-state index in [1.165, 1.54) is 11.1 Å². The summed E-state index contributed by atoms with van der Waals surface area (Å²) in [7, 11) is 0. The molecule has 42 heavy (non-hydrogen) atoms. The molecule has 3 aromatic carbocycles. The molecule has 214 valence electrons. The minimum absolute atomic E-state index is 0.232. The SMILES string of the molecule is O=C(O)CCCCc1ccc(OCCN(c2ccccc2)c2ccccn2)cc1.c1ccc(Cc2ccccn2)cc1. The van der Waals surface area contributed by atoms with Crippen molar-refractivity contribution in [3.8, 4) is 5.75 Å². The van der Waals surface area contributed by atoms with Gasteiger partial charge in [-0.25, -0.2) is 4.98 Å². The maximum Gasteiger partial charge on any atom is 0.303 e. The van der Waals surface area contributed by atoms with Crippen LogP contribution in [0, 0.1) is 0 Å². The van der Waals surface area contributed by atoms with Crippen LogP contribution in [0.2, 0.25) is 0 Å². The van der Waals surface area contributed by atoms with Crippen LogP contribution in [-0.2, 0) is 17.6 Å². The molecular formula is C36H37N3O3. The van der Waals surface area contributed by atoms with Gasteiger partial charge in [0.1, 0.15) is 18.2 Å². The molecule has 1 N–H and O–H groups in total. The van der Waals surface area contributed by atoms with Gasteiger partial charge in [0.05, 0.1) is 6.54 Å². The van der Waals surface area contributed by atoms with Gasteiger partial charge in [-0.2, -0.15) is 0 Å². The number of benzene rings is 3. The number of carboxylic acid groups (broad SMARTS) is 1. The first kappa shape index (κ1) is 30.0. The number of nitrogens with zero attached hydrogens (tertiary/aromatic N) is 3. The molecule has 0 unspecified atom stereocenters. The fourth-order valence-corrected chi connectivity index (χ4v) is 4.42. The predicted molar refractivity (Wildman–Crippen MR) is 168 cm³/mol. The Bertz CT molecular complexity index is 1360. The molecular weight excluding hydrogens is 522 g/mol. The van der Waals surface area contributed by atoms with E-state index in [9.17, 15) is 4.79 Å². The third-order valence-corrected chi connectivity index (χ3v) is 6.56. The van der Waals surface area contributed by atoms with E-state index in [0.29, 0.717) is 19.6 Å². The van der Waals surface area contributed by atoms with Gasteiger partial charge in [-0.15, -0.1) is 0 Å². The molecule has 5 aromatic rings. The Hall–Kier alpha value is -4.97. The first-order chi connectivity index (χ1) is 20.7. The zero-order valence-corrected chi connectivity index (χ0v) is 23.8. The zero-order chi connectivity index (χ0) is 29.2. The summed E-state index contributed by atoms with van der Waals surface area (Å²) in [6, 6.07) is 40.5. The molecule has 0 radical (unpaired) electrons. The number of hydrogen-bond donors (Lipinski definition) is 1. The van der Waals surface area contributed by atoms with Crippen LogP contribution >= 0.6 is 0 Å². The minimum Gasteiger partial charge on any atom is -0.492 e. The van der Waals surface area contributed by atoms with Crippen LogP contribution in [0.3, 0.4) is 0 Å². The summed E-state index contributed by atoms with van der Waals surface area (Å²) < 4.78 is 5.94. The van der Waals surface area contributed by atoms with Gasteiger partial charge in [0.2, 0.25) is 0 Å². The van der Waals surface area contributed by atoms with Gasteiger partial charge in [-0.1, -0.05) is 72.8 Å². The molecule has 2 aromatic heterocycles. The van der Waals surface area contributed by atoms with Crippen molar-refractivity contribution in [3.05, 3.63) is 151 Å². The smallest absolute Gasteiger partial charge is 0.303 e. The highest BCUT2D eigenvalue weighted by atomic mass is 16.5. The predicted octanol–water partition coefficient (Wildman–Crippen LogP) is 7.77. The van der Waals surface area contributed by atoms with Crippen molar-refractivity contribution in [3.63, 3.8) is 0 Å². The van der Waals surface area contributed by atoms with Crippen molar-refractivity contribution in [2.24, 2.45) is 0 Å². The van der Waals surface area contributed by atoms with E-state index in [2.05, 4.69) is 51.3 Å². The monoisotopic (exact) mass is 559 g/mol. The van der Waals surface area contributed by atoms with E-state index in [1.807, 2.05) is 91.1 Å². The molecule has 0 aliphatic carbocycles. The second kappa shape index (κ2) is 17.0. The number of para-hydroxylation sites is 1. The number of aryl methyl sites for hydroxylation is 1. The Morgan fingerprint density at radius 2 is 1.36 bits per heavy atom. The standard InChI is InChI=1S/C24H26N2O3.C12H11N/c27-24(28)12-5-4-8-20-13-15-22(16-14-20)29-19-18-26(21-9-2-1-3-10-21)23-11-6-7-17-25-23;1-2-6-11(7-3-1)10-12-8-4-5-9-13-12/h1-3,6-7,9-11,13-17H,4-5,8,12,18-19H2,(H,27,28);1-9H,10H2. The third-order valence-electron chi connectivity index (χ3n) is 6.56. The summed E-state index contributed by atoms with van der Waals surface area (Å²) in [4.78, 5) is 21.4. The molecule has 0 saturated carbocycles. The Kier molecular flexibility index (Phi) is 12.1. The Labute approximate surface area is 248 Å². The van der Waals surface area contributed by atoms with Gasteiger partial charge in [0.25, 0.3) is 0 Å². The molecule has 6 nitrogen and oxygen atoms in total. The van der Waals surface area contributed by atoms with Crippen LogP contribution in [0.15, 0.2) is 134 Å². The van der Waals surface area contributed by atoms with Crippen molar-refractivity contribution in [1.29, 1.82) is 0 Å². The second-order valence-corrected chi connectivity index (χ2v) is 9.75. The van der Waals surface area contributed by atoms with Crippen LogP contribution in [-0.4, -0.2) is 34.2 Å². The summed E-state index contributed by atoms with van der Waals surface area (Å²) in [6.45, 7) is 1.21. The molecule has 5 rings (SSSR count). The molecule has 0 atom stereocenters. The van der Waals surface area contributed by atoms with Gasteiger partial charge < -0.3 is 14.7 Å². The van der Waals surface area contributed by atoms with Gasteiger partial charge in [-0.05, 0) is 78.9 Å². The number of aliphatic carboxylic acids is 1. The van der Waals surface area contributed by atoms with Crippen LogP contribution in [0.4, 0.5) is 11.5 Å². The highest BCUT2D eigenvalue weighted by molar-refractivity contribution is 5.66. The summed E-state index contributed by atoms with van der Waals surface area (Å²) in [5.41, 5.74) is 4.70. The summed E-state index contributed by atoms with van der Waals surface area (Å²) in [5.74, 6) is 0.983. The average Bonchev–Trinajstić information content (AvgIpc) is 3.04. The third kappa shape index (κ3) is 10.5. The van der Waals surface area contributed by atoms with Crippen molar-refractivity contribution >= 4 is 17.5 Å². The number of rotatable bonds is 13. The lowest BCUT2D eigenvalue weighted by atomic mass is 10.1. The van der Waals surface area contributed by atoms with Gasteiger partial charge >= 0.3 is 5.97 Å². The highest BCUT2D eigenvalue weighted by Crippen LogP contribution is 2.23. The number of pyridine rings is 2. The normalized spacial score (nSPS) is 10.3. The molecule has 6 heteroatoms. The number of unbranched alkanes of at least 4 members (excludes halogenated alkanes) is 1. The quantitative estimate of drug-likeness (QED) is 0.149. The number of ether oxygens (including phenoxy) is 1. The van der Waals surface area contributed by atoms with Crippen LogP contribution in [0.25, 0.3) is 0 Å². The molecule has 0 spiro atoms. The highest BCUT2D eigenvalue weighted by Gasteiger charge is 2.10. The van der Waals surface area contributed by atoms with Crippen molar-refractivity contribution < 1.29 is 14.6 Å². The lowest BCUT2D eigenvalue weighted by Crippen LogP contribution is -2.24. The Morgan fingerprint density at radius 1 is 0.690 bits per heavy atom. The summed E-state index contributed by atoms with van der Waals surface area (Å²) >= 11 is 0. The number of carboxylic acids is 1. The zero-order valence-electron chi connectivity index (χ0n) is 23.8. The first-order valence-electron chi connectivity index (χ1n) is 14.3. The van der Waals surface area contributed by atoms with Crippen molar-refractivity contribution in [2.75, 3.05) is 18.1 Å². The topological polar surface area (TPSA) is 75.6 Å². The molecule has 2 heterocycles. The fourth-order valence-electron chi connectivity index (χ4n) is 4.42. The van der Waals surface area contributed by atoms with Crippen LogP contribution < -0.4 is 9.64 Å². The van der Waals surface area contributed by atoms with E-state index >= 15 is 0 Å². The van der Waals surface area contributed by atoms with E-state index in [0.717, 1.165) is 42.2 Å². The second-order valence-electron chi connectivity index (χ2n) is 9.75. The molecule has 0 saturated heterocycles.